The maximum absolute atomic E-state index is 12.8. The number of methoxy groups -OCH3 is 2. The van der Waals surface area contributed by atoms with Gasteiger partial charge >= 0.3 is 11.9 Å². The lowest BCUT2D eigenvalue weighted by Crippen LogP contribution is -2.18. The number of carbonyl (C=O) groups is 3. The van der Waals surface area contributed by atoms with Gasteiger partial charge in [0, 0.05) is 22.4 Å². The van der Waals surface area contributed by atoms with Crippen molar-refractivity contribution in [3.63, 3.8) is 0 Å². The molecule has 184 valence electrons. The van der Waals surface area contributed by atoms with Crippen LogP contribution in [0.25, 0.3) is 11.4 Å². The lowest BCUT2D eigenvalue weighted by Gasteiger charge is -2.12. The Kier molecular flexibility index (Phi) is 8.83. The number of allylic oxidation sites excluding steroid dienone is 1. The molecule has 1 N–H and O–H groups in total. The van der Waals surface area contributed by atoms with Gasteiger partial charge in [-0.15, -0.1) is 28.1 Å². The van der Waals surface area contributed by atoms with Crippen LogP contribution < -0.4 is 5.32 Å². The molecule has 2 aromatic heterocycles. The maximum atomic E-state index is 12.8. The van der Waals surface area contributed by atoms with E-state index < -0.39 is 17.8 Å². The fourth-order valence-electron chi connectivity index (χ4n) is 3.49. The summed E-state index contributed by atoms with van der Waals surface area (Å²) in [6.45, 7) is 8.50. The summed E-state index contributed by atoms with van der Waals surface area (Å²) in [4.78, 5) is 38.0. The van der Waals surface area contributed by atoms with Gasteiger partial charge in [-0.3, -0.25) is 9.36 Å². The monoisotopic (exact) mass is 514 g/mol. The number of benzene rings is 1. The standard InChI is InChI=1S/C24H26N4O5S2/c1-6-10-28-21(18-12-34-14(3)16(18)7-2)26-27-24(28)35-13-20(29)25-19-11-15(22(30)32-4)8-9-17(19)23(31)33-5/h6,8-9,11-12H,1,7,10,13H2,2-5H3,(H,25,29). The molecule has 11 heteroatoms. The van der Waals surface area contributed by atoms with E-state index in [1.807, 2.05) is 4.57 Å². The zero-order valence-corrected chi connectivity index (χ0v) is 21.5. The Morgan fingerprint density at radius 1 is 1.20 bits per heavy atom. The molecule has 0 radical (unpaired) electrons. The molecule has 0 bridgehead atoms. The van der Waals surface area contributed by atoms with E-state index in [1.165, 1.54) is 54.6 Å². The summed E-state index contributed by atoms with van der Waals surface area (Å²) >= 11 is 2.88. The molecule has 0 spiro atoms. The van der Waals surface area contributed by atoms with Crippen LogP contribution in [-0.2, 0) is 27.2 Å². The Morgan fingerprint density at radius 3 is 2.60 bits per heavy atom. The van der Waals surface area contributed by atoms with Crippen LogP contribution in [0.15, 0.2) is 41.4 Å². The summed E-state index contributed by atoms with van der Waals surface area (Å²) in [7, 11) is 2.49. The second-order valence-corrected chi connectivity index (χ2v) is 9.35. The van der Waals surface area contributed by atoms with E-state index in [2.05, 4.69) is 41.3 Å². The van der Waals surface area contributed by atoms with E-state index in [0.717, 1.165) is 17.8 Å². The number of nitrogens with one attached hydrogen (secondary N) is 1. The first-order valence-corrected chi connectivity index (χ1v) is 12.6. The number of nitrogens with zero attached hydrogens (tertiary/aromatic N) is 3. The molecule has 0 aliphatic carbocycles. The molecule has 3 rings (SSSR count). The summed E-state index contributed by atoms with van der Waals surface area (Å²) in [5.41, 5.74) is 2.72. The number of hydrogen-bond donors (Lipinski definition) is 1. The fraction of sp³-hybridized carbons (Fsp3) is 0.292. The molecule has 0 saturated carbocycles. The van der Waals surface area contributed by atoms with Gasteiger partial charge in [0.2, 0.25) is 5.91 Å². The Hall–Kier alpha value is -3.44. The number of rotatable bonds is 10. The van der Waals surface area contributed by atoms with E-state index in [-0.39, 0.29) is 22.6 Å². The summed E-state index contributed by atoms with van der Waals surface area (Å²) in [6.07, 6.45) is 2.63. The van der Waals surface area contributed by atoms with Crippen LogP contribution in [0.4, 0.5) is 5.69 Å². The van der Waals surface area contributed by atoms with Gasteiger partial charge in [-0.05, 0) is 37.1 Å². The molecule has 0 aliphatic heterocycles. The van der Waals surface area contributed by atoms with Crippen molar-refractivity contribution >= 4 is 46.6 Å². The smallest absolute Gasteiger partial charge is 0.339 e. The largest absolute Gasteiger partial charge is 0.465 e. The van der Waals surface area contributed by atoms with Crippen molar-refractivity contribution in [3.05, 3.63) is 57.8 Å². The second kappa shape index (κ2) is 11.8. The minimum atomic E-state index is -0.641. The average Bonchev–Trinajstić information content (AvgIpc) is 3.43. The molecular weight excluding hydrogens is 488 g/mol. The summed E-state index contributed by atoms with van der Waals surface area (Å²) in [5.74, 6) is -0.893. The lowest BCUT2D eigenvalue weighted by molar-refractivity contribution is -0.113. The number of ether oxygens (including phenoxy) is 2. The maximum Gasteiger partial charge on any atom is 0.339 e. The van der Waals surface area contributed by atoms with Gasteiger partial charge in [0.25, 0.3) is 0 Å². The van der Waals surface area contributed by atoms with Crippen molar-refractivity contribution in [1.82, 2.24) is 14.8 Å². The van der Waals surface area contributed by atoms with Crippen LogP contribution in [0.1, 0.15) is 38.1 Å². The molecule has 0 fully saturated rings. The van der Waals surface area contributed by atoms with Crippen LogP contribution in [0.3, 0.4) is 0 Å². The number of carbonyl (C=O) groups excluding carboxylic acids is 3. The number of aromatic nitrogens is 3. The highest BCUT2D eigenvalue weighted by molar-refractivity contribution is 7.99. The van der Waals surface area contributed by atoms with E-state index in [1.54, 1.807) is 17.4 Å². The van der Waals surface area contributed by atoms with Gasteiger partial charge in [0.1, 0.15) is 0 Å². The third-order valence-electron chi connectivity index (χ3n) is 5.18. The van der Waals surface area contributed by atoms with E-state index in [0.29, 0.717) is 11.7 Å². The van der Waals surface area contributed by atoms with Crippen molar-refractivity contribution in [2.45, 2.75) is 32.0 Å². The minimum absolute atomic E-state index is 0.00163. The van der Waals surface area contributed by atoms with Gasteiger partial charge in [-0.2, -0.15) is 0 Å². The summed E-state index contributed by atoms with van der Waals surface area (Å²) in [6, 6.07) is 4.21. The van der Waals surface area contributed by atoms with Crippen molar-refractivity contribution in [3.8, 4) is 11.4 Å². The number of thioether (sulfide) groups is 1. The van der Waals surface area contributed by atoms with Crippen LogP contribution in [0, 0.1) is 6.92 Å². The van der Waals surface area contributed by atoms with E-state index in [9.17, 15) is 14.4 Å². The Bertz CT molecular complexity index is 1260. The Morgan fingerprint density at radius 2 is 1.94 bits per heavy atom. The predicted molar refractivity (Wildman–Crippen MR) is 136 cm³/mol. The highest BCUT2D eigenvalue weighted by Gasteiger charge is 2.21. The van der Waals surface area contributed by atoms with Gasteiger partial charge in [0.05, 0.1) is 36.8 Å². The van der Waals surface area contributed by atoms with Crippen molar-refractivity contribution in [1.29, 1.82) is 0 Å². The number of thiophene rings is 1. The molecule has 0 unspecified atom stereocenters. The summed E-state index contributed by atoms with van der Waals surface area (Å²) in [5, 5.41) is 14.0. The molecule has 0 atom stereocenters. The first-order chi connectivity index (χ1) is 16.8. The fourth-order valence-corrected chi connectivity index (χ4v) is 5.18. The van der Waals surface area contributed by atoms with E-state index >= 15 is 0 Å². The number of anilines is 1. The number of hydrogen-bond acceptors (Lipinski definition) is 9. The van der Waals surface area contributed by atoms with Crippen molar-refractivity contribution in [2.75, 3.05) is 25.3 Å². The van der Waals surface area contributed by atoms with Crippen LogP contribution >= 0.6 is 23.1 Å². The van der Waals surface area contributed by atoms with Gasteiger partial charge in [-0.25, -0.2) is 9.59 Å². The SMILES string of the molecule is C=CCn1c(SCC(=O)Nc2cc(C(=O)OC)ccc2C(=O)OC)nnc1-c1csc(C)c1CC. The summed E-state index contributed by atoms with van der Waals surface area (Å²) < 4.78 is 11.4. The molecule has 0 saturated heterocycles. The van der Waals surface area contributed by atoms with Crippen molar-refractivity contribution < 1.29 is 23.9 Å². The minimum Gasteiger partial charge on any atom is -0.465 e. The zero-order valence-electron chi connectivity index (χ0n) is 19.9. The zero-order chi connectivity index (χ0) is 25.5. The van der Waals surface area contributed by atoms with Crippen LogP contribution in [0.2, 0.25) is 0 Å². The third-order valence-corrected chi connectivity index (χ3v) is 7.10. The van der Waals surface area contributed by atoms with Gasteiger partial charge in [0.15, 0.2) is 11.0 Å². The number of aryl methyl sites for hydroxylation is 1. The molecule has 9 nitrogen and oxygen atoms in total. The predicted octanol–water partition coefficient (Wildman–Crippen LogP) is 4.37. The molecule has 2 heterocycles. The third kappa shape index (κ3) is 5.80. The van der Waals surface area contributed by atoms with Gasteiger partial charge < -0.3 is 14.8 Å². The average molecular weight is 515 g/mol. The number of esters is 2. The van der Waals surface area contributed by atoms with Crippen molar-refractivity contribution in [2.24, 2.45) is 0 Å². The topological polar surface area (TPSA) is 112 Å². The first-order valence-electron chi connectivity index (χ1n) is 10.7. The highest BCUT2D eigenvalue weighted by Crippen LogP contribution is 2.32. The molecule has 3 aromatic rings. The van der Waals surface area contributed by atoms with Crippen LogP contribution in [0.5, 0.6) is 0 Å². The second-order valence-electron chi connectivity index (χ2n) is 7.32. The van der Waals surface area contributed by atoms with Crippen LogP contribution in [-0.4, -0.2) is 52.6 Å². The Labute approximate surface area is 211 Å². The lowest BCUT2D eigenvalue weighted by atomic mass is 10.1. The molecule has 1 aromatic carbocycles. The van der Waals surface area contributed by atoms with Gasteiger partial charge in [-0.1, -0.05) is 24.8 Å². The quantitative estimate of drug-likeness (QED) is 0.241. The Balaban J connectivity index is 1.81. The van der Waals surface area contributed by atoms with E-state index in [4.69, 9.17) is 9.47 Å². The molecule has 1 amide bonds. The molecule has 35 heavy (non-hydrogen) atoms. The normalized spacial score (nSPS) is 10.6. The molecule has 0 aliphatic rings. The first kappa shape index (κ1) is 26.2. The molecular formula is C24H26N4O5S2. The number of amides is 1. The highest BCUT2D eigenvalue weighted by atomic mass is 32.2.